The monoisotopic (exact) mass is 299 g/mol. The van der Waals surface area contributed by atoms with Crippen molar-refractivity contribution in [2.75, 3.05) is 0 Å². The number of amidine groups is 1. The van der Waals surface area contributed by atoms with Gasteiger partial charge in [-0.25, -0.2) is 0 Å². The zero-order valence-corrected chi connectivity index (χ0v) is 12.0. The molecular formula is C14H13N5O3. The fourth-order valence-corrected chi connectivity index (χ4v) is 2.25. The van der Waals surface area contributed by atoms with E-state index in [1.807, 2.05) is 13.8 Å². The van der Waals surface area contributed by atoms with Gasteiger partial charge in [-0.3, -0.25) is 14.9 Å². The average Bonchev–Trinajstić information content (AvgIpc) is 3.01. The van der Waals surface area contributed by atoms with Crippen LogP contribution in [0.2, 0.25) is 0 Å². The number of nitro groups is 1. The molecule has 0 spiro atoms. The normalized spacial score (nSPS) is 17.8. The van der Waals surface area contributed by atoms with Gasteiger partial charge in [0.15, 0.2) is 5.84 Å². The molecule has 8 heteroatoms. The van der Waals surface area contributed by atoms with E-state index in [1.165, 1.54) is 24.3 Å². The van der Waals surface area contributed by atoms with E-state index in [2.05, 4.69) is 20.8 Å². The summed E-state index contributed by atoms with van der Waals surface area (Å²) in [6.45, 7) is 3.93. The van der Waals surface area contributed by atoms with Crippen LogP contribution < -0.4 is 10.6 Å². The summed E-state index contributed by atoms with van der Waals surface area (Å²) in [5.74, 6) is -0.0212. The third-order valence-electron chi connectivity index (χ3n) is 3.50. The van der Waals surface area contributed by atoms with E-state index in [0.717, 1.165) is 11.3 Å². The zero-order valence-electron chi connectivity index (χ0n) is 12.0. The van der Waals surface area contributed by atoms with Crippen LogP contribution in [0.1, 0.15) is 24.2 Å². The average molecular weight is 299 g/mol. The first-order valence-electron chi connectivity index (χ1n) is 6.59. The number of carbonyl (C=O) groups is 1. The Labute approximate surface area is 125 Å². The molecule has 2 aliphatic heterocycles. The first kappa shape index (κ1) is 13.9. The number of nitrogens with zero attached hydrogens (tertiary/aromatic N) is 3. The van der Waals surface area contributed by atoms with Crippen LogP contribution in [0.5, 0.6) is 0 Å². The summed E-state index contributed by atoms with van der Waals surface area (Å²) in [6.07, 6.45) is 1.76. The lowest BCUT2D eigenvalue weighted by Crippen LogP contribution is -2.39. The van der Waals surface area contributed by atoms with Crippen LogP contribution in [-0.4, -0.2) is 27.9 Å². The maximum absolute atomic E-state index is 12.2. The van der Waals surface area contributed by atoms with Crippen molar-refractivity contribution in [2.24, 2.45) is 10.2 Å². The molecule has 22 heavy (non-hydrogen) atoms. The Morgan fingerprint density at radius 3 is 2.59 bits per heavy atom. The Kier molecular flexibility index (Phi) is 3.01. The van der Waals surface area contributed by atoms with E-state index in [1.54, 1.807) is 6.20 Å². The number of amides is 1. The lowest BCUT2D eigenvalue weighted by Gasteiger charge is -2.18. The largest absolute Gasteiger partial charge is 0.380 e. The van der Waals surface area contributed by atoms with E-state index < -0.39 is 10.8 Å². The van der Waals surface area contributed by atoms with Crippen LogP contribution in [0.3, 0.4) is 0 Å². The first-order chi connectivity index (χ1) is 10.4. The second-order valence-corrected chi connectivity index (χ2v) is 5.48. The zero-order chi connectivity index (χ0) is 15.9. The Morgan fingerprint density at radius 2 is 1.95 bits per heavy atom. The summed E-state index contributed by atoms with van der Waals surface area (Å²) in [7, 11) is 0. The number of carbonyl (C=O) groups excluding carboxylic acids is 1. The van der Waals surface area contributed by atoms with Gasteiger partial charge in [-0.15, -0.1) is 5.10 Å². The van der Waals surface area contributed by atoms with Crippen molar-refractivity contribution in [1.82, 2.24) is 10.6 Å². The van der Waals surface area contributed by atoms with Gasteiger partial charge < -0.3 is 10.6 Å². The summed E-state index contributed by atoms with van der Waals surface area (Å²) >= 11 is 0. The van der Waals surface area contributed by atoms with Crippen molar-refractivity contribution in [2.45, 2.75) is 19.4 Å². The summed E-state index contributed by atoms with van der Waals surface area (Å²) in [5, 5.41) is 24.5. The van der Waals surface area contributed by atoms with Gasteiger partial charge in [0.1, 0.15) is 5.71 Å². The molecule has 1 amide bonds. The number of non-ortho nitro benzene ring substituents is 1. The molecule has 1 aromatic rings. The number of nitro benzene ring substituents is 1. The predicted molar refractivity (Wildman–Crippen MR) is 80.7 cm³/mol. The molecule has 0 unspecified atom stereocenters. The Hall–Kier alpha value is -3.03. The minimum Gasteiger partial charge on any atom is -0.380 e. The first-order valence-corrected chi connectivity index (χ1v) is 6.59. The smallest absolute Gasteiger partial charge is 0.269 e. The second-order valence-electron chi connectivity index (χ2n) is 5.48. The molecule has 3 rings (SSSR count). The Morgan fingerprint density at radius 1 is 1.27 bits per heavy atom. The quantitative estimate of drug-likeness (QED) is 0.634. The molecule has 2 aliphatic rings. The van der Waals surface area contributed by atoms with Crippen molar-refractivity contribution < 1.29 is 9.72 Å². The molecule has 0 aromatic heterocycles. The summed E-state index contributed by atoms with van der Waals surface area (Å²) in [5.41, 5.74) is 1.45. The molecule has 0 atom stereocenters. The van der Waals surface area contributed by atoms with Gasteiger partial charge in [0.2, 0.25) is 0 Å². The van der Waals surface area contributed by atoms with Crippen molar-refractivity contribution >= 4 is 23.1 Å². The van der Waals surface area contributed by atoms with Gasteiger partial charge in [0.05, 0.1) is 16.0 Å². The van der Waals surface area contributed by atoms with E-state index >= 15 is 0 Å². The van der Waals surface area contributed by atoms with E-state index in [-0.39, 0.29) is 11.2 Å². The lowest BCUT2D eigenvalue weighted by atomic mass is 9.96. The summed E-state index contributed by atoms with van der Waals surface area (Å²) < 4.78 is 0. The van der Waals surface area contributed by atoms with Crippen molar-refractivity contribution in [3.05, 3.63) is 51.7 Å². The minimum absolute atomic E-state index is 0.0650. The number of fused-ring (bicyclic) bond motifs is 1. The Bertz CT molecular complexity index is 759. The molecule has 2 N–H and O–H groups in total. The molecule has 1 aromatic carbocycles. The van der Waals surface area contributed by atoms with Crippen molar-refractivity contribution in [3.8, 4) is 0 Å². The van der Waals surface area contributed by atoms with Crippen LogP contribution in [0.15, 0.2) is 46.2 Å². The van der Waals surface area contributed by atoms with Gasteiger partial charge in [-0.1, -0.05) is 0 Å². The lowest BCUT2D eigenvalue weighted by molar-refractivity contribution is -0.384. The molecule has 0 bridgehead atoms. The number of rotatable bonds is 2. The molecule has 0 radical (unpaired) electrons. The van der Waals surface area contributed by atoms with Crippen molar-refractivity contribution in [3.63, 3.8) is 0 Å². The minimum atomic E-state index is -0.514. The molecule has 2 heterocycles. The van der Waals surface area contributed by atoms with Crippen LogP contribution >= 0.6 is 0 Å². The van der Waals surface area contributed by atoms with Crippen LogP contribution in [-0.2, 0) is 0 Å². The highest BCUT2D eigenvalue weighted by Crippen LogP contribution is 2.24. The molecule has 0 aliphatic carbocycles. The number of benzene rings is 1. The highest BCUT2D eigenvalue weighted by molar-refractivity contribution is 6.32. The van der Waals surface area contributed by atoms with Crippen LogP contribution in [0.25, 0.3) is 0 Å². The van der Waals surface area contributed by atoms with Crippen LogP contribution in [0, 0.1) is 10.1 Å². The molecule has 0 fully saturated rings. The van der Waals surface area contributed by atoms with Gasteiger partial charge in [-0.2, -0.15) is 5.10 Å². The third kappa shape index (κ3) is 2.24. The number of hydrogen-bond acceptors (Lipinski definition) is 6. The van der Waals surface area contributed by atoms with Gasteiger partial charge in [-0.05, 0) is 26.0 Å². The van der Waals surface area contributed by atoms with E-state index in [0.29, 0.717) is 11.4 Å². The van der Waals surface area contributed by atoms with Gasteiger partial charge in [0.25, 0.3) is 11.6 Å². The maximum atomic E-state index is 12.2. The number of nitrogens with one attached hydrogen (secondary N) is 2. The summed E-state index contributed by atoms with van der Waals surface area (Å²) in [4.78, 5) is 22.3. The third-order valence-corrected chi connectivity index (χ3v) is 3.50. The topological polar surface area (TPSA) is 109 Å². The maximum Gasteiger partial charge on any atom is 0.269 e. The molecule has 112 valence electrons. The summed E-state index contributed by atoms with van der Waals surface area (Å²) in [6, 6.07) is 5.37. The highest BCUT2D eigenvalue weighted by atomic mass is 16.6. The number of hydrogen-bond donors (Lipinski definition) is 2. The predicted octanol–water partition coefficient (Wildman–Crippen LogP) is 1.36. The fourth-order valence-electron chi connectivity index (χ4n) is 2.25. The highest BCUT2D eigenvalue weighted by Gasteiger charge is 2.38. The molecule has 0 saturated heterocycles. The fraction of sp³-hybridized carbons (Fsp3) is 0.214. The molecule has 8 nitrogen and oxygen atoms in total. The van der Waals surface area contributed by atoms with E-state index in [9.17, 15) is 14.9 Å². The van der Waals surface area contributed by atoms with Crippen LogP contribution in [0.4, 0.5) is 5.69 Å². The van der Waals surface area contributed by atoms with Crippen molar-refractivity contribution in [1.29, 1.82) is 0 Å². The van der Waals surface area contributed by atoms with E-state index in [4.69, 9.17) is 0 Å². The SMILES string of the molecule is CC1(C)NC=C2C(NC(=O)c3ccc([N+](=O)[O-])cc3)=NN=C21. The van der Waals surface area contributed by atoms with Gasteiger partial charge >= 0.3 is 0 Å². The Balaban J connectivity index is 1.73. The molecule has 0 saturated carbocycles. The van der Waals surface area contributed by atoms with Gasteiger partial charge in [0, 0.05) is 23.9 Å². The standard InChI is InChI=1S/C14H13N5O3/c1-14(2)11-10(7-15-14)12(18-17-11)16-13(20)8-3-5-9(6-4-8)19(21)22/h3-7,15H,1-2H3,(H,16,18,20). The molecular weight excluding hydrogens is 286 g/mol. The second kappa shape index (κ2) is 4.76.